The standard InChI is InChI=1S/C18H24N2O4S/c1-5-20(6-2)25(22,23)16-10-7-9-15(13-16)18(21)19(4)14(3)17-11-8-12-24-17/h7-14H,5-6H2,1-4H3. The fraction of sp³-hybridized carbons (Fsp3) is 0.389. The number of hydrogen-bond donors (Lipinski definition) is 0. The molecule has 1 aromatic heterocycles. The number of benzene rings is 1. The molecule has 0 saturated heterocycles. The minimum atomic E-state index is -3.60. The molecule has 0 bridgehead atoms. The summed E-state index contributed by atoms with van der Waals surface area (Å²) >= 11 is 0. The molecule has 1 aromatic carbocycles. The van der Waals surface area contributed by atoms with Crippen molar-refractivity contribution in [1.29, 1.82) is 0 Å². The molecule has 0 spiro atoms. The summed E-state index contributed by atoms with van der Waals surface area (Å²) in [5.74, 6) is 0.406. The molecule has 0 fully saturated rings. The van der Waals surface area contributed by atoms with Crippen LogP contribution >= 0.6 is 0 Å². The molecule has 7 heteroatoms. The highest BCUT2D eigenvalue weighted by atomic mass is 32.2. The van der Waals surface area contributed by atoms with Gasteiger partial charge in [-0.2, -0.15) is 4.31 Å². The summed E-state index contributed by atoms with van der Waals surface area (Å²) in [6, 6.07) is 9.47. The molecule has 1 unspecified atom stereocenters. The third kappa shape index (κ3) is 3.93. The first-order valence-corrected chi connectivity index (χ1v) is 9.67. The summed E-state index contributed by atoms with van der Waals surface area (Å²) < 4.78 is 32.0. The molecule has 1 heterocycles. The van der Waals surface area contributed by atoms with Crippen LogP contribution in [0.4, 0.5) is 0 Å². The summed E-state index contributed by atoms with van der Waals surface area (Å²) in [6.45, 7) is 6.19. The van der Waals surface area contributed by atoms with Crippen molar-refractivity contribution in [1.82, 2.24) is 9.21 Å². The van der Waals surface area contributed by atoms with Crippen LogP contribution in [0, 0.1) is 0 Å². The molecule has 2 aromatic rings. The maximum atomic E-state index is 12.7. The number of sulfonamides is 1. The van der Waals surface area contributed by atoms with Crippen molar-refractivity contribution >= 4 is 15.9 Å². The molecular weight excluding hydrogens is 340 g/mol. The quantitative estimate of drug-likeness (QED) is 0.757. The van der Waals surface area contributed by atoms with Crippen molar-refractivity contribution in [2.24, 2.45) is 0 Å². The van der Waals surface area contributed by atoms with E-state index in [0.29, 0.717) is 24.4 Å². The van der Waals surface area contributed by atoms with Gasteiger partial charge in [-0.3, -0.25) is 4.79 Å². The number of amides is 1. The van der Waals surface area contributed by atoms with Crippen LogP contribution in [0.25, 0.3) is 0 Å². The maximum absolute atomic E-state index is 12.7. The highest BCUT2D eigenvalue weighted by Gasteiger charge is 2.25. The van der Waals surface area contributed by atoms with Gasteiger partial charge in [0.1, 0.15) is 5.76 Å². The first-order chi connectivity index (χ1) is 11.8. The van der Waals surface area contributed by atoms with Crippen LogP contribution in [0.3, 0.4) is 0 Å². The number of furan rings is 1. The van der Waals surface area contributed by atoms with E-state index >= 15 is 0 Å². The molecule has 0 saturated carbocycles. The van der Waals surface area contributed by atoms with Gasteiger partial charge in [0, 0.05) is 25.7 Å². The van der Waals surface area contributed by atoms with E-state index in [2.05, 4.69) is 0 Å². The Kier molecular flexibility index (Phi) is 6.02. The monoisotopic (exact) mass is 364 g/mol. The molecular formula is C18H24N2O4S. The predicted molar refractivity (Wildman–Crippen MR) is 95.8 cm³/mol. The fourth-order valence-electron chi connectivity index (χ4n) is 2.60. The molecule has 136 valence electrons. The minimum absolute atomic E-state index is 0.126. The summed E-state index contributed by atoms with van der Waals surface area (Å²) in [6.07, 6.45) is 1.56. The van der Waals surface area contributed by atoms with Crippen LogP contribution in [0.15, 0.2) is 52.0 Å². The first-order valence-electron chi connectivity index (χ1n) is 8.23. The molecule has 6 nitrogen and oxygen atoms in total. The van der Waals surface area contributed by atoms with Crippen molar-refractivity contribution in [3.8, 4) is 0 Å². The van der Waals surface area contributed by atoms with Gasteiger partial charge in [0.05, 0.1) is 17.2 Å². The summed E-state index contributed by atoms with van der Waals surface area (Å²) in [5, 5.41) is 0. The minimum Gasteiger partial charge on any atom is -0.467 e. The van der Waals surface area contributed by atoms with Crippen molar-refractivity contribution in [2.75, 3.05) is 20.1 Å². The van der Waals surface area contributed by atoms with E-state index < -0.39 is 10.0 Å². The molecule has 1 amide bonds. The lowest BCUT2D eigenvalue weighted by molar-refractivity contribution is 0.0726. The Morgan fingerprint density at radius 1 is 1.16 bits per heavy atom. The third-order valence-corrected chi connectivity index (χ3v) is 6.33. The summed E-state index contributed by atoms with van der Waals surface area (Å²) in [5.41, 5.74) is 0.328. The van der Waals surface area contributed by atoms with Crippen LogP contribution in [0.1, 0.15) is 42.9 Å². The predicted octanol–water partition coefficient (Wildman–Crippen LogP) is 3.14. The van der Waals surface area contributed by atoms with E-state index in [1.54, 1.807) is 51.4 Å². The van der Waals surface area contributed by atoms with E-state index in [9.17, 15) is 13.2 Å². The molecule has 0 aliphatic rings. The molecule has 0 radical (unpaired) electrons. The highest BCUT2D eigenvalue weighted by Crippen LogP contribution is 2.23. The zero-order chi connectivity index (χ0) is 18.6. The van der Waals surface area contributed by atoms with E-state index in [0.717, 1.165) is 0 Å². The van der Waals surface area contributed by atoms with Crippen LogP contribution in [-0.4, -0.2) is 43.7 Å². The maximum Gasteiger partial charge on any atom is 0.254 e. The Balaban J connectivity index is 2.30. The molecule has 25 heavy (non-hydrogen) atoms. The normalized spacial score (nSPS) is 13.0. The number of rotatable bonds is 7. The molecule has 0 aliphatic carbocycles. The van der Waals surface area contributed by atoms with Crippen LogP contribution in [0.2, 0.25) is 0 Å². The SMILES string of the molecule is CCN(CC)S(=O)(=O)c1cccc(C(=O)N(C)C(C)c2ccco2)c1. The van der Waals surface area contributed by atoms with Gasteiger partial charge in [0.25, 0.3) is 5.91 Å². The van der Waals surface area contributed by atoms with Crippen LogP contribution in [-0.2, 0) is 10.0 Å². The van der Waals surface area contributed by atoms with Crippen molar-refractivity contribution in [3.63, 3.8) is 0 Å². The summed E-state index contributed by atoms with van der Waals surface area (Å²) in [4.78, 5) is 14.4. The van der Waals surface area contributed by atoms with Crippen LogP contribution < -0.4 is 0 Å². The highest BCUT2D eigenvalue weighted by molar-refractivity contribution is 7.89. The molecule has 0 aliphatic heterocycles. The van der Waals surface area contributed by atoms with Gasteiger partial charge >= 0.3 is 0 Å². The average Bonchev–Trinajstić information content (AvgIpc) is 3.15. The van der Waals surface area contributed by atoms with Crippen molar-refractivity contribution in [3.05, 3.63) is 54.0 Å². The Bertz CT molecular complexity index is 811. The van der Waals surface area contributed by atoms with Gasteiger partial charge in [0.2, 0.25) is 10.0 Å². The van der Waals surface area contributed by atoms with E-state index in [-0.39, 0.29) is 16.8 Å². The van der Waals surface area contributed by atoms with E-state index in [4.69, 9.17) is 4.42 Å². The number of nitrogens with zero attached hydrogens (tertiary/aromatic N) is 2. The molecule has 2 rings (SSSR count). The van der Waals surface area contributed by atoms with Gasteiger partial charge in [-0.15, -0.1) is 0 Å². The van der Waals surface area contributed by atoms with Gasteiger partial charge in [-0.1, -0.05) is 19.9 Å². The number of hydrogen-bond acceptors (Lipinski definition) is 4. The van der Waals surface area contributed by atoms with Gasteiger partial charge < -0.3 is 9.32 Å². The Hall–Kier alpha value is -2.12. The largest absolute Gasteiger partial charge is 0.467 e. The second-order valence-electron chi connectivity index (χ2n) is 5.72. The van der Waals surface area contributed by atoms with Crippen molar-refractivity contribution < 1.29 is 17.6 Å². The van der Waals surface area contributed by atoms with Gasteiger partial charge in [0.15, 0.2) is 0 Å². The molecule has 1 atom stereocenters. The molecule has 0 N–H and O–H groups in total. The lowest BCUT2D eigenvalue weighted by Crippen LogP contribution is -2.32. The zero-order valence-corrected chi connectivity index (χ0v) is 15.8. The van der Waals surface area contributed by atoms with E-state index in [1.807, 2.05) is 6.92 Å². The summed E-state index contributed by atoms with van der Waals surface area (Å²) in [7, 11) is -1.93. The Morgan fingerprint density at radius 2 is 1.84 bits per heavy atom. The van der Waals surface area contributed by atoms with Gasteiger partial charge in [-0.25, -0.2) is 8.42 Å². The second-order valence-corrected chi connectivity index (χ2v) is 7.66. The van der Waals surface area contributed by atoms with Gasteiger partial charge in [-0.05, 0) is 37.3 Å². The van der Waals surface area contributed by atoms with Crippen LogP contribution in [0.5, 0.6) is 0 Å². The van der Waals surface area contributed by atoms with E-state index in [1.165, 1.54) is 21.3 Å². The number of carbonyl (C=O) groups is 1. The average molecular weight is 364 g/mol. The lowest BCUT2D eigenvalue weighted by Gasteiger charge is -2.24. The first kappa shape index (κ1) is 19.2. The smallest absolute Gasteiger partial charge is 0.254 e. The lowest BCUT2D eigenvalue weighted by atomic mass is 10.1. The Morgan fingerprint density at radius 3 is 2.40 bits per heavy atom. The topological polar surface area (TPSA) is 70.8 Å². The Labute approximate surface area is 149 Å². The fourth-order valence-corrected chi connectivity index (χ4v) is 4.11. The van der Waals surface area contributed by atoms with Crippen molar-refractivity contribution in [2.45, 2.75) is 31.7 Å². The number of carbonyl (C=O) groups excluding carboxylic acids is 1. The third-order valence-electron chi connectivity index (χ3n) is 4.28. The second kappa shape index (κ2) is 7.84. The zero-order valence-electron chi connectivity index (χ0n) is 15.0.